The molecular formula is C10H15NO2. The topological polar surface area (TPSA) is 43.1 Å². The fraction of sp³-hybridized carbons (Fsp3) is 0.800. The highest BCUT2D eigenvalue weighted by atomic mass is 16.6. The van der Waals surface area contributed by atoms with E-state index >= 15 is 0 Å². The molecule has 2 aliphatic rings. The van der Waals surface area contributed by atoms with E-state index < -0.39 is 0 Å². The Morgan fingerprint density at radius 1 is 1.46 bits per heavy atom. The van der Waals surface area contributed by atoms with Crippen LogP contribution in [-0.2, 0) is 0 Å². The molecule has 13 heavy (non-hydrogen) atoms. The van der Waals surface area contributed by atoms with Crippen LogP contribution in [0.4, 0.5) is 0 Å². The predicted octanol–water partition coefficient (Wildman–Crippen LogP) is 2.60. The third-order valence-corrected chi connectivity index (χ3v) is 3.54. The van der Waals surface area contributed by atoms with Gasteiger partial charge < -0.3 is 0 Å². The van der Waals surface area contributed by atoms with Crippen molar-refractivity contribution in [3.63, 3.8) is 0 Å². The second kappa shape index (κ2) is 3.13. The molecule has 3 atom stereocenters. The Morgan fingerprint density at radius 3 is 2.69 bits per heavy atom. The Balaban J connectivity index is 2.03. The molecule has 0 amide bonds. The predicted molar refractivity (Wildman–Crippen MR) is 49.7 cm³/mol. The first-order valence-corrected chi connectivity index (χ1v) is 4.99. The van der Waals surface area contributed by atoms with Gasteiger partial charge in [-0.1, -0.05) is 6.42 Å². The van der Waals surface area contributed by atoms with Crippen molar-refractivity contribution in [3.05, 3.63) is 21.9 Å². The van der Waals surface area contributed by atoms with Crippen LogP contribution in [-0.4, -0.2) is 4.92 Å². The van der Waals surface area contributed by atoms with Crippen molar-refractivity contribution in [2.45, 2.75) is 32.6 Å². The zero-order valence-electron chi connectivity index (χ0n) is 7.90. The number of rotatable bonds is 2. The summed E-state index contributed by atoms with van der Waals surface area (Å²) in [7, 11) is 0. The summed E-state index contributed by atoms with van der Waals surface area (Å²) < 4.78 is 0. The molecule has 3 heteroatoms. The summed E-state index contributed by atoms with van der Waals surface area (Å²) in [4.78, 5) is 10.2. The van der Waals surface area contributed by atoms with Crippen LogP contribution in [0.3, 0.4) is 0 Å². The molecule has 0 heterocycles. The lowest BCUT2D eigenvalue weighted by Crippen LogP contribution is -2.09. The van der Waals surface area contributed by atoms with E-state index in [1.807, 2.05) is 6.08 Å². The van der Waals surface area contributed by atoms with Gasteiger partial charge in [0.15, 0.2) is 0 Å². The Kier molecular flexibility index (Phi) is 2.10. The summed E-state index contributed by atoms with van der Waals surface area (Å²) in [6.07, 6.45) is 7.02. The molecule has 72 valence electrons. The molecular weight excluding hydrogens is 166 g/mol. The number of hydrogen-bond acceptors (Lipinski definition) is 2. The maximum absolute atomic E-state index is 10.4. The number of hydrogen-bond donors (Lipinski definition) is 0. The second-order valence-corrected chi connectivity index (χ2v) is 4.40. The van der Waals surface area contributed by atoms with Crippen LogP contribution in [0.25, 0.3) is 0 Å². The van der Waals surface area contributed by atoms with Crippen molar-refractivity contribution in [2.24, 2.45) is 17.8 Å². The molecule has 0 aromatic carbocycles. The van der Waals surface area contributed by atoms with E-state index in [9.17, 15) is 10.1 Å². The molecule has 3 unspecified atom stereocenters. The number of allylic oxidation sites excluding steroid dienone is 2. The maximum Gasteiger partial charge on any atom is 0.239 e. The van der Waals surface area contributed by atoms with Crippen molar-refractivity contribution in [2.75, 3.05) is 0 Å². The average molecular weight is 181 g/mol. The minimum Gasteiger partial charge on any atom is -0.259 e. The molecule has 2 bridgehead atoms. The first kappa shape index (κ1) is 8.73. The van der Waals surface area contributed by atoms with E-state index in [0.29, 0.717) is 11.6 Å². The lowest BCUT2D eigenvalue weighted by molar-refractivity contribution is -0.424. The minimum atomic E-state index is -0.272. The van der Waals surface area contributed by atoms with Gasteiger partial charge in [0.05, 0.1) is 4.92 Å². The first-order valence-electron chi connectivity index (χ1n) is 4.99. The fourth-order valence-electron chi connectivity index (χ4n) is 2.87. The van der Waals surface area contributed by atoms with Crippen LogP contribution < -0.4 is 0 Å². The smallest absolute Gasteiger partial charge is 0.239 e. The maximum atomic E-state index is 10.4. The van der Waals surface area contributed by atoms with E-state index in [2.05, 4.69) is 0 Å². The van der Waals surface area contributed by atoms with E-state index in [1.165, 1.54) is 25.7 Å². The van der Waals surface area contributed by atoms with Crippen LogP contribution >= 0.6 is 0 Å². The SMILES string of the molecule is C/C(=C\C1CC2CCC1C2)[N+](=O)[O-]. The zero-order chi connectivity index (χ0) is 9.42. The van der Waals surface area contributed by atoms with Gasteiger partial charge in [-0.25, -0.2) is 0 Å². The van der Waals surface area contributed by atoms with E-state index in [0.717, 1.165) is 11.8 Å². The van der Waals surface area contributed by atoms with E-state index in [4.69, 9.17) is 0 Å². The van der Waals surface area contributed by atoms with Gasteiger partial charge in [0.2, 0.25) is 5.70 Å². The summed E-state index contributed by atoms with van der Waals surface area (Å²) in [5, 5.41) is 10.4. The second-order valence-electron chi connectivity index (χ2n) is 4.40. The zero-order valence-corrected chi connectivity index (χ0v) is 7.90. The molecule has 0 radical (unpaired) electrons. The summed E-state index contributed by atoms with van der Waals surface area (Å²) in [5.74, 6) is 2.12. The fourth-order valence-corrected chi connectivity index (χ4v) is 2.87. The van der Waals surface area contributed by atoms with Crippen LogP contribution in [0.5, 0.6) is 0 Å². The molecule has 0 saturated heterocycles. The highest BCUT2D eigenvalue weighted by Gasteiger charge is 2.38. The Labute approximate surface area is 78.0 Å². The van der Waals surface area contributed by atoms with Crippen LogP contribution in [0.2, 0.25) is 0 Å². The number of nitro groups is 1. The van der Waals surface area contributed by atoms with Gasteiger partial charge in [-0.2, -0.15) is 0 Å². The van der Waals surface area contributed by atoms with Crippen molar-refractivity contribution >= 4 is 0 Å². The summed E-state index contributed by atoms with van der Waals surface area (Å²) in [5.41, 5.74) is 0.331. The molecule has 0 N–H and O–H groups in total. The quantitative estimate of drug-likeness (QED) is 0.485. The third-order valence-electron chi connectivity index (χ3n) is 3.54. The monoisotopic (exact) mass is 181 g/mol. The molecule has 2 rings (SSSR count). The van der Waals surface area contributed by atoms with Crippen molar-refractivity contribution in [1.29, 1.82) is 0 Å². The van der Waals surface area contributed by atoms with Gasteiger partial charge in [0, 0.05) is 6.92 Å². The molecule has 0 aliphatic heterocycles. The van der Waals surface area contributed by atoms with Crippen molar-refractivity contribution in [1.82, 2.24) is 0 Å². The van der Waals surface area contributed by atoms with Crippen LogP contribution in [0.1, 0.15) is 32.6 Å². The Hall–Kier alpha value is -0.860. The normalized spacial score (nSPS) is 38.2. The van der Waals surface area contributed by atoms with Gasteiger partial charge in [-0.15, -0.1) is 0 Å². The third kappa shape index (κ3) is 1.60. The van der Waals surface area contributed by atoms with Crippen molar-refractivity contribution in [3.8, 4) is 0 Å². The molecule has 0 aromatic rings. The highest BCUT2D eigenvalue weighted by molar-refractivity contribution is 5.02. The van der Waals surface area contributed by atoms with Gasteiger partial charge in [0.1, 0.15) is 0 Å². The summed E-state index contributed by atoms with van der Waals surface area (Å²) in [6.45, 7) is 1.60. The summed E-state index contributed by atoms with van der Waals surface area (Å²) >= 11 is 0. The molecule has 2 saturated carbocycles. The Morgan fingerprint density at radius 2 is 2.23 bits per heavy atom. The lowest BCUT2D eigenvalue weighted by atomic mass is 9.88. The molecule has 2 aliphatic carbocycles. The first-order chi connectivity index (χ1) is 6.16. The standard InChI is InChI=1S/C10H15NO2/c1-7(11(12)13)4-10-6-8-2-3-9(10)5-8/h4,8-10H,2-3,5-6H2,1H3/b7-4+. The average Bonchev–Trinajstić information content (AvgIpc) is 2.64. The van der Waals surface area contributed by atoms with Gasteiger partial charge >= 0.3 is 0 Å². The largest absolute Gasteiger partial charge is 0.259 e. The van der Waals surface area contributed by atoms with Gasteiger partial charge in [-0.05, 0) is 43.1 Å². The van der Waals surface area contributed by atoms with Crippen LogP contribution in [0, 0.1) is 27.9 Å². The van der Waals surface area contributed by atoms with Crippen molar-refractivity contribution < 1.29 is 4.92 Å². The Bertz CT molecular complexity index is 260. The van der Waals surface area contributed by atoms with E-state index in [-0.39, 0.29) is 4.92 Å². The molecule has 0 aromatic heterocycles. The number of fused-ring (bicyclic) bond motifs is 2. The lowest BCUT2D eigenvalue weighted by Gasteiger charge is -2.16. The van der Waals surface area contributed by atoms with E-state index in [1.54, 1.807) is 6.92 Å². The molecule has 0 spiro atoms. The van der Waals surface area contributed by atoms with Gasteiger partial charge in [0.25, 0.3) is 0 Å². The molecule has 2 fully saturated rings. The summed E-state index contributed by atoms with van der Waals surface area (Å²) in [6, 6.07) is 0. The minimum absolute atomic E-state index is 0.272. The number of nitrogens with zero attached hydrogens (tertiary/aromatic N) is 1. The molecule has 3 nitrogen and oxygen atoms in total. The van der Waals surface area contributed by atoms with Gasteiger partial charge in [-0.3, -0.25) is 10.1 Å². The highest BCUT2D eigenvalue weighted by Crippen LogP contribution is 2.49. The van der Waals surface area contributed by atoms with Crippen LogP contribution in [0.15, 0.2) is 11.8 Å².